The maximum Gasteiger partial charge on any atom is 0.417 e. The average molecular weight is 360 g/mol. The second kappa shape index (κ2) is 5.64. The molecule has 20 heavy (non-hydrogen) atoms. The van der Waals surface area contributed by atoms with E-state index in [1.807, 2.05) is 0 Å². The molecule has 2 aromatic carbocycles. The lowest BCUT2D eigenvalue weighted by Crippen LogP contribution is -2.08. The van der Waals surface area contributed by atoms with Gasteiger partial charge in [-0.1, -0.05) is 52.5 Å². The highest BCUT2D eigenvalue weighted by Crippen LogP contribution is 2.46. The van der Waals surface area contributed by atoms with Crippen LogP contribution in [0.15, 0.2) is 30.3 Å². The van der Waals surface area contributed by atoms with Gasteiger partial charge in [0.25, 0.3) is 0 Å². The van der Waals surface area contributed by atoms with Gasteiger partial charge in [0.1, 0.15) is 0 Å². The first-order valence-electron chi connectivity index (χ1n) is 5.22. The summed E-state index contributed by atoms with van der Waals surface area (Å²) in [6.07, 6.45) is -4.63. The molecule has 0 aromatic heterocycles. The molecule has 0 aliphatic heterocycles. The smallest absolute Gasteiger partial charge is 0.166 e. The molecule has 0 heterocycles. The van der Waals surface area contributed by atoms with Crippen molar-refractivity contribution < 1.29 is 13.2 Å². The van der Waals surface area contributed by atoms with Gasteiger partial charge < -0.3 is 0 Å². The zero-order valence-electron chi connectivity index (χ0n) is 9.53. The monoisotopic (exact) mass is 358 g/mol. The molecular weight excluding hydrogens is 355 g/mol. The number of hydrogen-bond donors (Lipinski definition) is 0. The number of alkyl halides is 3. The Morgan fingerprint density at radius 2 is 1.30 bits per heavy atom. The van der Waals surface area contributed by atoms with Crippen LogP contribution in [0.5, 0.6) is 0 Å². The second-order valence-electron chi connectivity index (χ2n) is 3.90. The third kappa shape index (κ3) is 3.01. The van der Waals surface area contributed by atoms with Gasteiger partial charge in [-0.3, -0.25) is 0 Å². The fourth-order valence-electron chi connectivity index (χ4n) is 1.79. The van der Waals surface area contributed by atoms with Crippen LogP contribution in [0.4, 0.5) is 13.2 Å². The zero-order valence-corrected chi connectivity index (χ0v) is 12.6. The Kier molecular flexibility index (Phi) is 4.45. The molecule has 0 nitrogen and oxygen atoms in total. The van der Waals surface area contributed by atoms with Crippen LogP contribution in [-0.4, -0.2) is 0 Å². The van der Waals surface area contributed by atoms with Crippen molar-refractivity contribution in [2.75, 3.05) is 0 Å². The van der Waals surface area contributed by atoms with Crippen LogP contribution >= 0.6 is 46.4 Å². The van der Waals surface area contributed by atoms with Crippen LogP contribution in [0.3, 0.4) is 0 Å². The summed E-state index contributed by atoms with van der Waals surface area (Å²) < 4.78 is 39.5. The number of rotatable bonds is 1. The van der Waals surface area contributed by atoms with E-state index in [-0.39, 0.29) is 31.2 Å². The molecule has 0 spiro atoms. The van der Waals surface area contributed by atoms with E-state index < -0.39 is 11.7 Å². The Morgan fingerprint density at radius 1 is 0.750 bits per heavy atom. The van der Waals surface area contributed by atoms with Gasteiger partial charge in [0.05, 0.1) is 10.6 Å². The summed E-state index contributed by atoms with van der Waals surface area (Å²) >= 11 is 23.5. The number of hydrogen-bond acceptors (Lipinski definition) is 0. The Balaban J connectivity index is 2.87. The van der Waals surface area contributed by atoms with E-state index in [1.54, 1.807) is 0 Å². The second-order valence-corrected chi connectivity index (χ2v) is 5.56. The summed E-state index contributed by atoms with van der Waals surface area (Å²) in [4.78, 5) is 0. The lowest BCUT2D eigenvalue weighted by atomic mass is 9.99. The molecule has 0 unspecified atom stereocenters. The van der Waals surface area contributed by atoms with Crippen molar-refractivity contribution in [3.8, 4) is 11.1 Å². The van der Waals surface area contributed by atoms with Gasteiger partial charge in [-0.15, -0.1) is 0 Å². The van der Waals surface area contributed by atoms with Crippen LogP contribution in [0.2, 0.25) is 20.1 Å². The molecule has 2 rings (SSSR count). The average Bonchev–Trinajstić information content (AvgIpc) is 2.29. The topological polar surface area (TPSA) is 0 Å². The molecule has 0 aliphatic carbocycles. The van der Waals surface area contributed by atoms with Crippen LogP contribution in [0.25, 0.3) is 11.1 Å². The fraction of sp³-hybridized carbons (Fsp3) is 0.0769. The summed E-state index contributed by atoms with van der Waals surface area (Å²) in [5.41, 5.74) is -1.23. The van der Waals surface area contributed by atoms with Crippen molar-refractivity contribution in [3.63, 3.8) is 0 Å². The van der Waals surface area contributed by atoms with Crippen LogP contribution < -0.4 is 0 Å². The molecule has 2 aromatic rings. The molecule has 0 bridgehead atoms. The molecule has 0 radical (unpaired) electrons. The SMILES string of the molecule is FC(F)(F)c1cc(Cl)cc(Cl)c1-c1c(Cl)cccc1Cl. The summed E-state index contributed by atoms with van der Waals surface area (Å²) in [6.45, 7) is 0. The Hall–Kier alpha value is -0.610. The summed E-state index contributed by atoms with van der Waals surface area (Å²) in [5, 5.41) is -0.131. The van der Waals surface area contributed by atoms with Crippen molar-refractivity contribution in [1.29, 1.82) is 0 Å². The van der Waals surface area contributed by atoms with Crippen LogP contribution in [-0.2, 0) is 6.18 Å². The van der Waals surface area contributed by atoms with Gasteiger partial charge in [-0.25, -0.2) is 0 Å². The number of benzene rings is 2. The molecule has 0 aliphatic rings. The van der Waals surface area contributed by atoms with E-state index in [0.717, 1.165) is 6.07 Å². The Labute approximate surface area is 133 Å². The summed E-state index contributed by atoms with van der Waals surface area (Å²) in [6, 6.07) is 6.42. The predicted octanol–water partition coefficient (Wildman–Crippen LogP) is 6.99. The van der Waals surface area contributed by atoms with Gasteiger partial charge in [0, 0.05) is 26.2 Å². The largest absolute Gasteiger partial charge is 0.417 e. The minimum atomic E-state index is -4.63. The van der Waals surface area contributed by atoms with E-state index in [2.05, 4.69) is 0 Å². The van der Waals surface area contributed by atoms with Gasteiger partial charge in [-0.2, -0.15) is 13.2 Å². The van der Waals surface area contributed by atoms with Gasteiger partial charge >= 0.3 is 6.18 Å². The van der Waals surface area contributed by atoms with E-state index in [0.29, 0.717) is 0 Å². The highest BCUT2D eigenvalue weighted by Gasteiger charge is 2.36. The normalized spacial score (nSPS) is 11.8. The third-order valence-corrected chi connectivity index (χ3v) is 3.72. The first kappa shape index (κ1) is 15.8. The van der Waals surface area contributed by atoms with Crippen LogP contribution in [0.1, 0.15) is 5.56 Å². The van der Waals surface area contributed by atoms with E-state index >= 15 is 0 Å². The molecule has 0 saturated heterocycles. The zero-order chi connectivity index (χ0) is 15.1. The molecular formula is C13H5Cl4F3. The van der Waals surface area contributed by atoms with E-state index in [9.17, 15) is 13.2 Å². The summed E-state index contributed by atoms with van der Waals surface area (Å²) in [5.74, 6) is 0. The van der Waals surface area contributed by atoms with Crippen molar-refractivity contribution in [1.82, 2.24) is 0 Å². The van der Waals surface area contributed by atoms with E-state index in [1.165, 1.54) is 24.3 Å². The maximum atomic E-state index is 13.2. The minimum absolute atomic E-state index is 0.0322. The third-order valence-electron chi connectivity index (χ3n) is 2.57. The fourth-order valence-corrected chi connectivity index (χ4v) is 2.96. The van der Waals surface area contributed by atoms with Crippen molar-refractivity contribution in [2.45, 2.75) is 6.18 Å². The molecule has 0 atom stereocenters. The van der Waals surface area contributed by atoms with Crippen LogP contribution in [0, 0.1) is 0 Å². The highest BCUT2D eigenvalue weighted by molar-refractivity contribution is 6.42. The van der Waals surface area contributed by atoms with E-state index in [4.69, 9.17) is 46.4 Å². The summed E-state index contributed by atoms with van der Waals surface area (Å²) in [7, 11) is 0. The van der Waals surface area contributed by atoms with Gasteiger partial charge in [-0.05, 0) is 24.3 Å². The first-order valence-corrected chi connectivity index (χ1v) is 6.73. The standard InChI is InChI=1S/C13H5Cl4F3/c14-6-4-7(13(18,19)20)11(10(17)5-6)12-8(15)2-1-3-9(12)16/h1-5H. The highest BCUT2D eigenvalue weighted by atomic mass is 35.5. The number of halogens is 7. The molecule has 0 fully saturated rings. The van der Waals surface area contributed by atoms with Crippen molar-refractivity contribution >= 4 is 46.4 Å². The Bertz CT molecular complexity index is 645. The molecule has 0 N–H and O–H groups in total. The maximum absolute atomic E-state index is 13.2. The van der Waals surface area contributed by atoms with Gasteiger partial charge in [0.2, 0.25) is 0 Å². The first-order chi connectivity index (χ1) is 9.21. The molecule has 0 saturated carbocycles. The minimum Gasteiger partial charge on any atom is -0.166 e. The lowest BCUT2D eigenvalue weighted by Gasteiger charge is -2.17. The molecule has 0 amide bonds. The quantitative estimate of drug-likeness (QED) is 0.514. The Morgan fingerprint density at radius 3 is 1.80 bits per heavy atom. The van der Waals surface area contributed by atoms with Crippen molar-refractivity contribution in [3.05, 3.63) is 56.0 Å². The van der Waals surface area contributed by atoms with Crippen molar-refractivity contribution in [2.24, 2.45) is 0 Å². The predicted molar refractivity (Wildman–Crippen MR) is 76.9 cm³/mol. The lowest BCUT2D eigenvalue weighted by molar-refractivity contribution is -0.137. The molecule has 106 valence electrons. The van der Waals surface area contributed by atoms with Gasteiger partial charge in [0.15, 0.2) is 0 Å². The molecule has 7 heteroatoms.